The number of aliphatic carboxylic acids is 1. The number of carboxylic acid groups (broad SMARTS) is 1. The lowest BCUT2D eigenvalue weighted by Gasteiger charge is -2.06. The molecule has 1 aromatic heterocycles. The zero-order chi connectivity index (χ0) is 17.1. The van der Waals surface area contributed by atoms with Crippen molar-refractivity contribution in [3.63, 3.8) is 0 Å². The van der Waals surface area contributed by atoms with Crippen molar-refractivity contribution in [1.82, 2.24) is 10.2 Å². The highest BCUT2D eigenvalue weighted by atomic mass is 79.9. The van der Waals surface area contributed by atoms with Crippen LogP contribution in [0.15, 0.2) is 57.4 Å². The van der Waals surface area contributed by atoms with E-state index >= 15 is 0 Å². The molecule has 25 heavy (non-hydrogen) atoms. The van der Waals surface area contributed by atoms with E-state index in [0.717, 1.165) is 21.2 Å². The molecule has 6 nitrogen and oxygen atoms in total. The van der Waals surface area contributed by atoms with E-state index in [1.54, 1.807) is 0 Å². The monoisotopic (exact) mass is 423 g/mol. The zero-order valence-electron chi connectivity index (χ0n) is 12.9. The Balaban J connectivity index is 0.00000225. The Bertz CT molecular complexity index is 850. The summed E-state index contributed by atoms with van der Waals surface area (Å²) in [5, 5.41) is 17.0. The van der Waals surface area contributed by atoms with Gasteiger partial charge in [0, 0.05) is 15.6 Å². The van der Waals surface area contributed by atoms with Gasteiger partial charge in [-0.25, -0.2) is 0 Å². The van der Waals surface area contributed by atoms with E-state index < -0.39 is 12.0 Å². The van der Waals surface area contributed by atoms with Gasteiger partial charge in [-0.05, 0) is 48.4 Å². The number of halogens is 2. The molecule has 0 spiro atoms. The van der Waals surface area contributed by atoms with Crippen LogP contribution in [0.1, 0.15) is 5.56 Å². The van der Waals surface area contributed by atoms with Crippen LogP contribution in [0, 0.1) is 0 Å². The Morgan fingerprint density at radius 1 is 1.04 bits per heavy atom. The second-order valence-corrected chi connectivity index (χ2v) is 6.18. The lowest BCUT2D eigenvalue weighted by atomic mass is 10.0. The van der Waals surface area contributed by atoms with Crippen LogP contribution in [-0.2, 0) is 11.2 Å². The maximum absolute atomic E-state index is 10.8. The second-order valence-electron chi connectivity index (χ2n) is 5.27. The maximum atomic E-state index is 10.8. The van der Waals surface area contributed by atoms with Crippen molar-refractivity contribution in [2.75, 3.05) is 0 Å². The lowest BCUT2D eigenvalue weighted by Crippen LogP contribution is -2.32. The molecule has 130 valence electrons. The van der Waals surface area contributed by atoms with E-state index in [1.807, 2.05) is 48.5 Å². The number of rotatable bonds is 5. The number of aromatic nitrogens is 2. The first-order chi connectivity index (χ1) is 11.5. The minimum absolute atomic E-state index is 0. The first kappa shape index (κ1) is 19.1. The molecule has 0 aliphatic carbocycles. The molecule has 0 saturated carbocycles. The fourth-order valence-electron chi connectivity index (χ4n) is 2.17. The van der Waals surface area contributed by atoms with E-state index in [1.165, 1.54) is 0 Å². The quantitative estimate of drug-likeness (QED) is 0.649. The average molecular weight is 425 g/mol. The first-order valence-corrected chi connectivity index (χ1v) is 7.99. The van der Waals surface area contributed by atoms with Crippen molar-refractivity contribution in [3.8, 4) is 22.9 Å². The van der Waals surface area contributed by atoms with E-state index in [2.05, 4.69) is 26.1 Å². The molecule has 0 aliphatic rings. The zero-order valence-corrected chi connectivity index (χ0v) is 15.3. The van der Waals surface area contributed by atoms with Gasteiger partial charge in [0.1, 0.15) is 6.04 Å². The summed E-state index contributed by atoms with van der Waals surface area (Å²) in [4.78, 5) is 10.8. The van der Waals surface area contributed by atoms with Crippen LogP contribution in [0.25, 0.3) is 22.9 Å². The summed E-state index contributed by atoms with van der Waals surface area (Å²) in [5.74, 6) is -0.174. The molecule has 0 unspecified atom stereocenters. The highest BCUT2D eigenvalue weighted by Gasteiger charge is 2.13. The topological polar surface area (TPSA) is 102 Å². The number of nitrogens with two attached hydrogens (primary N) is 1. The molecule has 3 rings (SSSR count). The Labute approximate surface area is 158 Å². The average Bonchev–Trinajstić information content (AvgIpc) is 3.06. The second kappa shape index (κ2) is 8.24. The summed E-state index contributed by atoms with van der Waals surface area (Å²) >= 11 is 3.38. The van der Waals surface area contributed by atoms with E-state index in [-0.39, 0.29) is 18.8 Å². The molecule has 0 bridgehead atoms. The van der Waals surface area contributed by atoms with Gasteiger partial charge in [0.15, 0.2) is 0 Å². The number of hydrogen-bond donors (Lipinski definition) is 2. The largest absolute Gasteiger partial charge is 0.480 e. The third-order valence-corrected chi connectivity index (χ3v) is 4.02. The number of carboxylic acids is 1. The fraction of sp³-hybridized carbons (Fsp3) is 0.118. The predicted molar refractivity (Wildman–Crippen MR) is 99.4 cm³/mol. The van der Waals surface area contributed by atoms with Gasteiger partial charge in [-0.1, -0.05) is 28.1 Å². The van der Waals surface area contributed by atoms with Gasteiger partial charge in [-0.3, -0.25) is 4.79 Å². The molecule has 0 aliphatic heterocycles. The lowest BCUT2D eigenvalue weighted by molar-refractivity contribution is -0.138. The normalized spacial score (nSPS) is 11.6. The Morgan fingerprint density at radius 2 is 1.52 bits per heavy atom. The highest BCUT2D eigenvalue weighted by Crippen LogP contribution is 2.25. The van der Waals surface area contributed by atoms with Crippen LogP contribution in [-0.4, -0.2) is 27.3 Å². The van der Waals surface area contributed by atoms with Gasteiger partial charge in [0.2, 0.25) is 11.8 Å². The third kappa shape index (κ3) is 4.66. The smallest absolute Gasteiger partial charge is 0.320 e. The van der Waals surface area contributed by atoms with E-state index in [4.69, 9.17) is 15.3 Å². The molecular weight excluding hydrogens is 410 g/mol. The third-order valence-electron chi connectivity index (χ3n) is 3.49. The van der Waals surface area contributed by atoms with Crippen LogP contribution in [0.3, 0.4) is 0 Å². The van der Waals surface area contributed by atoms with Crippen molar-refractivity contribution in [3.05, 3.63) is 58.6 Å². The SMILES string of the molecule is Cl.N[C@@H](Cc1ccc(-c2nnc(-c3ccc(Br)cc3)o2)cc1)C(=O)O. The molecule has 0 amide bonds. The van der Waals surface area contributed by atoms with Crippen LogP contribution in [0.2, 0.25) is 0 Å². The maximum Gasteiger partial charge on any atom is 0.320 e. The van der Waals surface area contributed by atoms with E-state index in [0.29, 0.717) is 11.8 Å². The Kier molecular flexibility index (Phi) is 6.30. The summed E-state index contributed by atoms with van der Waals surface area (Å²) in [5.41, 5.74) is 7.96. The predicted octanol–water partition coefficient (Wildman–Crippen LogP) is 3.54. The summed E-state index contributed by atoms with van der Waals surface area (Å²) in [6.07, 6.45) is 0.267. The summed E-state index contributed by atoms with van der Waals surface area (Å²) in [6.45, 7) is 0. The molecule has 0 radical (unpaired) electrons. The van der Waals surface area contributed by atoms with Gasteiger partial charge in [-0.15, -0.1) is 22.6 Å². The molecule has 8 heteroatoms. The summed E-state index contributed by atoms with van der Waals surface area (Å²) < 4.78 is 6.67. The minimum atomic E-state index is -1.02. The van der Waals surface area contributed by atoms with Crippen molar-refractivity contribution >= 4 is 34.3 Å². The van der Waals surface area contributed by atoms with Gasteiger partial charge in [0.05, 0.1) is 0 Å². The fourth-order valence-corrected chi connectivity index (χ4v) is 2.44. The van der Waals surface area contributed by atoms with Gasteiger partial charge in [0.25, 0.3) is 0 Å². The summed E-state index contributed by atoms with van der Waals surface area (Å²) in [6, 6.07) is 13.9. The number of nitrogens with zero attached hydrogens (tertiary/aromatic N) is 2. The van der Waals surface area contributed by atoms with Crippen LogP contribution >= 0.6 is 28.3 Å². The molecule has 2 aromatic carbocycles. The van der Waals surface area contributed by atoms with Crippen molar-refractivity contribution < 1.29 is 14.3 Å². The van der Waals surface area contributed by atoms with Crippen LogP contribution < -0.4 is 5.73 Å². The first-order valence-electron chi connectivity index (χ1n) is 7.20. The van der Waals surface area contributed by atoms with Crippen molar-refractivity contribution in [2.45, 2.75) is 12.5 Å². The minimum Gasteiger partial charge on any atom is -0.480 e. The van der Waals surface area contributed by atoms with Crippen LogP contribution in [0.4, 0.5) is 0 Å². The molecule has 3 N–H and O–H groups in total. The standard InChI is InChI=1S/C17H14BrN3O3.ClH/c18-13-7-5-12(6-8-13)16-21-20-15(24-16)11-3-1-10(2-4-11)9-14(19)17(22)23;/h1-8,14H,9,19H2,(H,22,23);1H/t14-;/m0./s1. The van der Waals surface area contributed by atoms with E-state index in [9.17, 15) is 4.79 Å². The van der Waals surface area contributed by atoms with Crippen LogP contribution in [0.5, 0.6) is 0 Å². The molecular formula is C17H15BrClN3O3. The molecule has 0 fully saturated rings. The molecule has 1 heterocycles. The Hall–Kier alpha value is -2.22. The van der Waals surface area contributed by atoms with Gasteiger partial charge in [-0.2, -0.15) is 0 Å². The van der Waals surface area contributed by atoms with Crippen molar-refractivity contribution in [2.24, 2.45) is 5.73 Å². The molecule has 3 aromatic rings. The number of hydrogen-bond acceptors (Lipinski definition) is 5. The number of benzene rings is 2. The number of carbonyl (C=O) groups is 1. The summed E-state index contributed by atoms with van der Waals surface area (Å²) in [7, 11) is 0. The molecule has 0 saturated heterocycles. The van der Waals surface area contributed by atoms with Gasteiger partial charge < -0.3 is 15.3 Å². The molecule has 1 atom stereocenters. The van der Waals surface area contributed by atoms with Crippen molar-refractivity contribution in [1.29, 1.82) is 0 Å². The Morgan fingerprint density at radius 3 is 2.00 bits per heavy atom. The highest BCUT2D eigenvalue weighted by molar-refractivity contribution is 9.10. The van der Waals surface area contributed by atoms with Gasteiger partial charge >= 0.3 is 5.97 Å².